The Labute approximate surface area is 123 Å². The first-order valence-corrected chi connectivity index (χ1v) is 7.06. The van der Waals surface area contributed by atoms with Crippen molar-refractivity contribution in [3.05, 3.63) is 0 Å². The maximum absolute atomic E-state index is 12.7. The number of carbonyl (C=O) groups excluding carboxylic acids is 1. The van der Waals surface area contributed by atoms with Gasteiger partial charge in [0.1, 0.15) is 7.11 Å². The molecule has 1 unspecified atom stereocenters. The highest BCUT2D eigenvalue weighted by molar-refractivity contribution is 9.11. The van der Waals surface area contributed by atoms with E-state index >= 15 is 0 Å². The van der Waals surface area contributed by atoms with Crippen molar-refractivity contribution in [1.82, 2.24) is 5.01 Å². The monoisotopic (exact) mass is 331 g/mol. The van der Waals surface area contributed by atoms with Crippen LogP contribution >= 0.6 is 15.9 Å². The Morgan fingerprint density at radius 3 is 2.37 bits per heavy atom. The van der Waals surface area contributed by atoms with Crippen molar-refractivity contribution in [2.45, 2.75) is 51.9 Å². The number of hydrogen-bond donors (Lipinski definition) is 0. The SMILES string of the molecule is CO/N=C(\C)C1(Br)C(=O)N(C(C)C)N=C1C(C)(C)C. The van der Waals surface area contributed by atoms with Crippen LogP contribution in [-0.4, -0.2) is 39.8 Å². The van der Waals surface area contributed by atoms with Crippen LogP contribution in [0.5, 0.6) is 0 Å². The minimum absolute atomic E-state index is 0.000352. The number of hydrogen-bond acceptors (Lipinski definition) is 4. The number of carbonyl (C=O) groups is 1. The lowest BCUT2D eigenvalue weighted by atomic mass is 9.80. The van der Waals surface area contributed by atoms with Crippen LogP contribution in [0.2, 0.25) is 0 Å². The molecule has 0 saturated carbocycles. The van der Waals surface area contributed by atoms with E-state index in [0.717, 1.165) is 5.71 Å². The Morgan fingerprint density at radius 2 is 2.00 bits per heavy atom. The summed E-state index contributed by atoms with van der Waals surface area (Å²) in [7, 11) is 1.47. The van der Waals surface area contributed by atoms with Crippen LogP contribution in [0.1, 0.15) is 41.5 Å². The van der Waals surface area contributed by atoms with E-state index in [0.29, 0.717) is 5.71 Å². The largest absolute Gasteiger partial charge is 0.399 e. The van der Waals surface area contributed by atoms with Crippen molar-refractivity contribution in [1.29, 1.82) is 0 Å². The molecule has 0 aromatic heterocycles. The van der Waals surface area contributed by atoms with Gasteiger partial charge in [-0.05, 0) is 20.8 Å². The van der Waals surface area contributed by atoms with Crippen LogP contribution in [-0.2, 0) is 9.63 Å². The molecule has 0 fully saturated rings. The molecule has 0 aromatic rings. The zero-order valence-corrected chi connectivity index (χ0v) is 14.2. The van der Waals surface area contributed by atoms with Gasteiger partial charge in [0.2, 0.25) is 0 Å². The molecule has 0 radical (unpaired) electrons. The summed E-state index contributed by atoms with van der Waals surface area (Å²) in [5.74, 6) is -0.120. The van der Waals surface area contributed by atoms with Crippen LogP contribution in [0.25, 0.3) is 0 Å². The third-order valence-corrected chi connectivity index (χ3v) is 4.25. The third kappa shape index (κ3) is 2.68. The van der Waals surface area contributed by atoms with Gasteiger partial charge in [0.15, 0.2) is 4.32 Å². The summed E-state index contributed by atoms with van der Waals surface area (Å²) in [6.07, 6.45) is 0. The van der Waals surface area contributed by atoms with Crippen LogP contribution in [0.3, 0.4) is 0 Å². The van der Waals surface area contributed by atoms with Gasteiger partial charge in [-0.15, -0.1) is 0 Å². The average molecular weight is 332 g/mol. The van der Waals surface area contributed by atoms with Gasteiger partial charge in [0.05, 0.1) is 17.5 Å². The highest BCUT2D eigenvalue weighted by Gasteiger charge is 2.55. The molecule has 0 bridgehead atoms. The summed E-state index contributed by atoms with van der Waals surface area (Å²) in [4.78, 5) is 17.5. The van der Waals surface area contributed by atoms with E-state index < -0.39 is 4.32 Å². The smallest absolute Gasteiger partial charge is 0.271 e. The van der Waals surface area contributed by atoms with E-state index in [1.807, 2.05) is 34.6 Å². The molecular weight excluding hydrogens is 310 g/mol. The van der Waals surface area contributed by atoms with Crippen LogP contribution in [0, 0.1) is 5.41 Å². The first-order valence-electron chi connectivity index (χ1n) is 6.27. The van der Waals surface area contributed by atoms with Gasteiger partial charge >= 0.3 is 0 Å². The zero-order valence-electron chi connectivity index (χ0n) is 12.6. The Hall–Kier alpha value is -0.910. The van der Waals surface area contributed by atoms with E-state index in [-0.39, 0.29) is 17.4 Å². The van der Waals surface area contributed by atoms with Crippen LogP contribution in [0.15, 0.2) is 10.3 Å². The molecule has 0 aliphatic carbocycles. The van der Waals surface area contributed by atoms with Gasteiger partial charge in [0, 0.05) is 5.41 Å². The molecule has 0 saturated heterocycles. The lowest BCUT2D eigenvalue weighted by molar-refractivity contribution is -0.130. The fraction of sp³-hybridized carbons (Fsp3) is 0.769. The number of hydrazone groups is 1. The van der Waals surface area contributed by atoms with Gasteiger partial charge in [-0.25, -0.2) is 5.01 Å². The maximum atomic E-state index is 12.7. The molecule has 19 heavy (non-hydrogen) atoms. The highest BCUT2D eigenvalue weighted by atomic mass is 79.9. The molecule has 1 heterocycles. The summed E-state index contributed by atoms with van der Waals surface area (Å²) in [6.45, 7) is 11.7. The molecule has 0 N–H and O–H groups in total. The molecule has 0 spiro atoms. The Kier molecular flexibility index (Phi) is 4.44. The van der Waals surface area contributed by atoms with Gasteiger partial charge in [0.25, 0.3) is 5.91 Å². The first kappa shape index (κ1) is 16.1. The number of rotatable bonds is 3. The molecule has 1 atom stereocenters. The number of oxime groups is 1. The van der Waals surface area contributed by atoms with Crippen molar-refractivity contribution >= 4 is 33.3 Å². The Morgan fingerprint density at radius 1 is 1.47 bits per heavy atom. The van der Waals surface area contributed by atoms with Crippen molar-refractivity contribution in [2.75, 3.05) is 7.11 Å². The van der Waals surface area contributed by atoms with Gasteiger partial charge in [-0.3, -0.25) is 4.79 Å². The molecule has 6 heteroatoms. The number of amides is 1. The normalized spacial score (nSPS) is 25.1. The second kappa shape index (κ2) is 5.23. The minimum Gasteiger partial charge on any atom is -0.399 e. The Balaban J connectivity index is 3.41. The van der Waals surface area contributed by atoms with E-state index in [1.165, 1.54) is 12.1 Å². The van der Waals surface area contributed by atoms with Gasteiger partial charge in [-0.2, -0.15) is 5.10 Å². The van der Waals surface area contributed by atoms with Gasteiger partial charge < -0.3 is 4.84 Å². The summed E-state index contributed by atoms with van der Waals surface area (Å²) in [5.41, 5.74) is 1.04. The molecule has 1 amide bonds. The highest BCUT2D eigenvalue weighted by Crippen LogP contribution is 2.39. The Bertz CT molecular complexity index is 438. The third-order valence-electron chi connectivity index (χ3n) is 2.96. The van der Waals surface area contributed by atoms with Crippen molar-refractivity contribution < 1.29 is 9.63 Å². The average Bonchev–Trinajstić information content (AvgIpc) is 2.53. The summed E-state index contributed by atoms with van der Waals surface area (Å²) in [5, 5.41) is 9.95. The van der Waals surface area contributed by atoms with Gasteiger partial charge in [-0.1, -0.05) is 41.9 Å². The van der Waals surface area contributed by atoms with Crippen molar-refractivity contribution in [3.8, 4) is 0 Å². The fourth-order valence-electron chi connectivity index (χ4n) is 2.02. The lowest BCUT2D eigenvalue weighted by Gasteiger charge is -2.29. The van der Waals surface area contributed by atoms with Crippen molar-refractivity contribution in [3.63, 3.8) is 0 Å². The van der Waals surface area contributed by atoms with Crippen molar-refractivity contribution in [2.24, 2.45) is 15.7 Å². The quantitative estimate of drug-likeness (QED) is 0.453. The number of alkyl halides is 1. The molecule has 1 aliphatic rings. The standard InChI is InChI=1S/C13H22BrN3O2/c1-8(2)17-11(18)13(14,9(3)16-19-7)10(15-17)12(4,5)6/h8H,1-7H3/b16-9+. The first-order chi connectivity index (χ1) is 8.56. The lowest BCUT2D eigenvalue weighted by Crippen LogP contribution is -2.51. The maximum Gasteiger partial charge on any atom is 0.271 e. The minimum atomic E-state index is -1.01. The van der Waals surface area contributed by atoms with E-state index in [4.69, 9.17) is 4.84 Å². The molecule has 0 aromatic carbocycles. The molecule has 5 nitrogen and oxygen atoms in total. The molecule has 1 rings (SSSR count). The molecular formula is C13H22BrN3O2. The summed E-state index contributed by atoms with van der Waals surface area (Å²) in [6, 6.07) is -0.000352. The second-order valence-electron chi connectivity index (χ2n) is 5.96. The summed E-state index contributed by atoms with van der Waals surface area (Å²) >= 11 is 3.56. The second-order valence-corrected chi connectivity index (χ2v) is 7.15. The number of halogens is 1. The van der Waals surface area contributed by atoms with Crippen LogP contribution < -0.4 is 0 Å². The van der Waals surface area contributed by atoms with E-state index in [9.17, 15) is 4.79 Å². The van der Waals surface area contributed by atoms with Crippen LogP contribution in [0.4, 0.5) is 0 Å². The van der Waals surface area contributed by atoms with E-state index in [2.05, 4.69) is 26.2 Å². The predicted octanol–water partition coefficient (Wildman–Crippen LogP) is 2.80. The fourth-order valence-corrected chi connectivity index (χ4v) is 2.95. The summed E-state index contributed by atoms with van der Waals surface area (Å²) < 4.78 is -1.01. The predicted molar refractivity (Wildman–Crippen MR) is 80.6 cm³/mol. The zero-order chi connectivity index (χ0) is 15.0. The molecule has 1 aliphatic heterocycles. The topological polar surface area (TPSA) is 54.3 Å². The van der Waals surface area contributed by atoms with E-state index in [1.54, 1.807) is 6.92 Å². The number of nitrogens with zero attached hydrogens (tertiary/aromatic N) is 3. The molecule has 108 valence electrons.